The van der Waals surface area contributed by atoms with E-state index in [0.717, 1.165) is 36.0 Å². The van der Waals surface area contributed by atoms with Crippen LogP contribution >= 0.6 is 15.9 Å². The molecule has 0 atom stereocenters. The monoisotopic (exact) mass is 518 g/mol. The zero-order valence-corrected chi connectivity index (χ0v) is 22.3. The van der Waals surface area contributed by atoms with E-state index in [-0.39, 0.29) is 18.5 Å². The number of nitrogens with zero attached hydrogens (tertiary/aromatic N) is 4. The molecule has 0 bridgehead atoms. The third-order valence-electron chi connectivity index (χ3n) is 5.63. The van der Waals surface area contributed by atoms with Crippen LogP contribution in [0.4, 0.5) is 4.79 Å². The summed E-state index contributed by atoms with van der Waals surface area (Å²) in [6, 6.07) is 12.3. The van der Waals surface area contributed by atoms with Crippen molar-refractivity contribution in [2.24, 2.45) is 5.92 Å². The van der Waals surface area contributed by atoms with Gasteiger partial charge in [0.1, 0.15) is 6.54 Å². The van der Waals surface area contributed by atoms with Crippen LogP contribution in [-0.2, 0) is 17.9 Å². The maximum absolute atomic E-state index is 13.4. The summed E-state index contributed by atoms with van der Waals surface area (Å²) in [7, 11) is 3.47. The Balaban J connectivity index is 2.14. The van der Waals surface area contributed by atoms with E-state index in [4.69, 9.17) is 0 Å². The van der Waals surface area contributed by atoms with Crippen LogP contribution in [0.25, 0.3) is 0 Å². The zero-order chi connectivity index (χ0) is 24.4. The summed E-state index contributed by atoms with van der Waals surface area (Å²) in [5, 5.41) is 0. The Kier molecular flexibility index (Phi) is 11.0. The van der Waals surface area contributed by atoms with Crippen LogP contribution in [0.1, 0.15) is 51.3 Å². The molecule has 33 heavy (non-hydrogen) atoms. The van der Waals surface area contributed by atoms with E-state index >= 15 is 0 Å². The normalized spacial score (nSPS) is 11.0. The Morgan fingerprint density at radius 3 is 2.33 bits per heavy atom. The van der Waals surface area contributed by atoms with Crippen molar-refractivity contribution in [1.29, 1.82) is 0 Å². The van der Waals surface area contributed by atoms with Crippen molar-refractivity contribution in [1.82, 2.24) is 19.3 Å². The summed E-state index contributed by atoms with van der Waals surface area (Å²) in [4.78, 5) is 31.2. The first kappa shape index (κ1) is 27.0. The molecule has 0 radical (unpaired) electrons. The lowest BCUT2D eigenvalue weighted by molar-refractivity contribution is -0.132. The molecule has 182 valence electrons. The van der Waals surface area contributed by atoms with Crippen LogP contribution in [-0.4, -0.2) is 64.9 Å². The largest absolute Gasteiger partial charge is 0.345 e. The number of halogens is 1. The van der Waals surface area contributed by atoms with Crippen LogP contribution in [0.5, 0.6) is 0 Å². The maximum Gasteiger partial charge on any atom is 0.319 e. The standard InChI is InChI=1S/C26H39BrN4O2/c1-6-7-15-30(25(32)20-31(17-14-21(2)3)26(33)28(4)5)19-24-9-8-16-29(24)18-22-10-12-23(27)13-11-22/h8-13,16,21H,6-7,14-15,17-20H2,1-5H3. The summed E-state index contributed by atoms with van der Waals surface area (Å²) in [5.74, 6) is 0.467. The Labute approximate surface area is 207 Å². The van der Waals surface area contributed by atoms with Crippen LogP contribution in [0.3, 0.4) is 0 Å². The average Bonchev–Trinajstić information content (AvgIpc) is 3.21. The predicted octanol–water partition coefficient (Wildman–Crippen LogP) is 5.46. The Morgan fingerprint density at radius 2 is 1.73 bits per heavy atom. The summed E-state index contributed by atoms with van der Waals surface area (Å²) >= 11 is 3.49. The number of aromatic nitrogens is 1. The minimum atomic E-state index is -0.113. The Morgan fingerprint density at radius 1 is 1.03 bits per heavy atom. The number of benzene rings is 1. The lowest BCUT2D eigenvalue weighted by Gasteiger charge is -2.30. The summed E-state index contributed by atoms with van der Waals surface area (Å²) in [6.07, 6.45) is 4.88. The highest BCUT2D eigenvalue weighted by atomic mass is 79.9. The van der Waals surface area contributed by atoms with E-state index in [1.54, 1.807) is 23.9 Å². The molecule has 0 unspecified atom stereocenters. The fourth-order valence-corrected chi connectivity index (χ4v) is 3.84. The minimum absolute atomic E-state index is 0.00111. The van der Waals surface area contributed by atoms with Gasteiger partial charge in [-0.05, 0) is 48.6 Å². The first-order valence-corrected chi connectivity index (χ1v) is 12.6. The molecule has 0 spiro atoms. The minimum Gasteiger partial charge on any atom is -0.345 e. The van der Waals surface area contributed by atoms with Crippen LogP contribution in [0.2, 0.25) is 0 Å². The van der Waals surface area contributed by atoms with Gasteiger partial charge in [-0.2, -0.15) is 0 Å². The van der Waals surface area contributed by atoms with Gasteiger partial charge < -0.3 is 19.3 Å². The highest BCUT2D eigenvalue weighted by Gasteiger charge is 2.23. The van der Waals surface area contributed by atoms with Gasteiger partial charge in [0.15, 0.2) is 0 Å². The SMILES string of the molecule is CCCCN(Cc1cccn1Cc1ccc(Br)cc1)C(=O)CN(CCC(C)C)C(=O)N(C)C. The molecule has 6 nitrogen and oxygen atoms in total. The molecule has 1 aromatic carbocycles. The van der Waals surface area contributed by atoms with Gasteiger partial charge in [0.2, 0.25) is 5.91 Å². The summed E-state index contributed by atoms with van der Waals surface area (Å²) < 4.78 is 3.25. The molecule has 1 heterocycles. The molecule has 1 aromatic heterocycles. The number of rotatable bonds is 12. The first-order chi connectivity index (χ1) is 15.7. The molecule has 0 aliphatic carbocycles. The van der Waals surface area contributed by atoms with Crippen molar-refractivity contribution in [3.63, 3.8) is 0 Å². The van der Waals surface area contributed by atoms with Crippen molar-refractivity contribution >= 4 is 27.9 Å². The van der Waals surface area contributed by atoms with Crippen molar-refractivity contribution in [2.75, 3.05) is 33.7 Å². The van der Waals surface area contributed by atoms with E-state index in [9.17, 15) is 9.59 Å². The quantitative estimate of drug-likeness (QED) is 0.374. The number of amides is 3. The van der Waals surface area contributed by atoms with Gasteiger partial charge >= 0.3 is 6.03 Å². The highest BCUT2D eigenvalue weighted by molar-refractivity contribution is 9.10. The van der Waals surface area contributed by atoms with Crippen molar-refractivity contribution in [2.45, 2.75) is 53.1 Å². The fraction of sp³-hybridized carbons (Fsp3) is 0.538. The lowest BCUT2D eigenvalue weighted by Crippen LogP contribution is -2.47. The van der Waals surface area contributed by atoms with Gasteiger partial charge in [-0.25, -0.2) is 4.79 Å². The molecule has 0 N–H and O–H groups in total. The smallest absolute Gasteiger partial charge is 0.319 e. The average molecular weight is 520 g/mol. The third kappa shape index (κ3) is 8.88. The van der Waals surface area contributed by atoms with Gasteiger partial charge in [-0.15, -0.1) is 0 Å². The van der Waals surface area contributed by atoms with E-state index in [2.05, 4.69) is 65.7 Å². The van der Waals surface area contributed by atoms with Gasteiger partial charge in [-0.1, -0.05) is 55.3 Å². The Hall–Kier alpha value is -2.28. The summed E-state index contributed by atoms with van der Waals surface area (Å²) in [5.41, 5.74) is 2.30. The molecule has 0 saturated carbocycles. The van der Waals surface area contributed by atoms with Crippen LogP contribution in [0.15, 0.2) is 47.1 Å². The maximum atomic E-state index is 13.4. The second-order valence-corrected chi connectivity index (χ2v) is 10.1. The molecule has 2 rings (SSSR count). The summed E-state index contributed by atoms with van der Waals surface area (Å²) in [6.45, 7) is 9.07. The van der Waals surface area contributed by atoms with Crippen LogP contribution in [0, 0.1) is 5.92 Å². The molecular weight excluding hydrogens is 480 g/mol. The number of unbranched alkanes of at least 4 members (excludes halogenated alkanes) is 1. The topological polar surface area (TPSA) is 48.8 Å². The number of carbonyl (C=O) groups excluding carboxylic acids is 2. The molecule has 2 aromatic rings. The van der Waals surface area contributed by atoms with Crippen molar-refractivity contribution in [3.8, 4) is 0 Å². The molecule has 0 aliphatic heterocycles. The zero-order valence-electron chi connectivity index (χ0n) is 20.8. The van der Waals surface area contributed by atoms with Crippen molar-refractivity contribution in [3.05, 3.63) is 58.3 Å². The first-order valence-electron chi connectivity index (χ1n) is 11.8. The van der Waals surface area contributed by atoms with Crippen LogP contribution < -0.4 is 0 Å². The number of hydrogen-bond acceptors (Lipinski definition) is 2. The van der Waals surface area contributed by atoms with E-state index in [0.29, 0.717) is 25.6 Å². The van der Waals surface area contributed by atoms with E-state index < -0.39 is 0 Å². The van der Waals surface area contributed by atoms with Gasteiger partial charge in [0.25, 0.3) is 0 Å². The fourth-order valence-electron chi connectivity index (χ4n) is 3.57. The van der Waals surface area contributed by atoms with E-state index in [1.807, 2.05) is 23.1 Å². The molecule has 0 saturated heterocycles. The second kappa shape index (κ2) is 13.4. The Bertz CT molecular complexity index is 877. The molecule has 0 aliphatic rings. The van der Waals surface area contributed by atoms with Crippen molar-refractivity contribution < 1.29 is 9.59 Å². The van der Waals surface area contributed by atoms with Gasteiger partial charge in [0, 0.05) is 50.1 Å². The van der Waals surface area contributed by atoms with Gasteiger partial charge in [-0.3, -0.25) is 4.79 Å². The lowest BCUT2D eigenvalue weighted by atomic mass is 10.1. The molecule has 7 heteroatoms. The highest BCUT2D eigenvalue weighted by Crippen LogP contribution is 2.15. The van der Waals surface area contributed by atoms with E-state index in [1.165, 1.54) is 5.56 Å². The van der Waals surface area contributed by atoms with Gasteiger partial charge in [0.05, 0.1) is 6.54 Å². The molecule has 3 amide bonds. The number of hydrogen-bond donors (Lipinski definition) is 0. The predicted molar refractivity (Wildman–Crippen MR) is 138 cm³/mol. The molecule has 0 fully saturated rings. The molecular formula is C26H39BrN4O2. The third-order valence-corrected chi connectivity index (χ3v) is 6.16. The number of urea groups is 1. The second-order valence-electron chi connectivity index (χ2n) is 9.20. The number of carbonyl (C=O) groups is 2.